The van der Waals surface area contributed by atoms with Gasteiger partial charge in [0.25, 0.3) is 0 Å². The van der Waals surface area contributed by atoms with Crippen LogP contribution in [0.25, 0.3) is 21.3 Å². The maximum Gasteiger partial charge on any atom is 0.141 e. The number of benzene rings is 2. The van der Waals surface area contributed by atoms with E-state index in [4.69, 9.17) is 16.6 Å². The van der Waals surface area contributed by atoms with Crippen LogP contribution in [-0.4, -0.2) is 36.1 Å². The van der Waals surface area contributed by atoms with E-state index >= 15 is 0 Å². The second-order valence-corrected chi connectivity index (χ2v) is 8.64. The maximum atomic E-state index is 6.08. The van der Waals surface area contributed by atoms with Gasteiger partial charge in [0.05, 0.1) is 5.39 Å². The maximum absolute atomic E-state index is 6.08. The number of aromatic nitrogens is 2. The molecular weight excluding hydrogens is 400 g/mol. The first-order valence-corrected chi connectivity index (χ1v) is 11.0. The molecule has 0 unspecified atom stereocenters. The highest BCUT2D eigenvalue weighted by Crippen LogP contribution is 2.38. The summed E-state index contributed by atoms with van der Waals surface area (Å²) < 4.78 is 0. The third-order valence-electron chi connectivity index (χ3n) is 5.45. The quantitative estimate of drug-likeness (QED) is 0.429. The van der Waals surface area contributed by atoms with E-state index in [1.54, 1.807) is 17.7 Å². The van der Waals surface area contributed by atoms with Crippen molar-refractivity contribution in [1.82, 2.24) is 9.97 Å². The second kappa shape index (κ2) is 7.65. The molecule has 3 heterocycles. The molecule has 1 aliphatic rings. The van der Waals surface area contributed by atoms with Crippen molar-refractivity contribution in [2.45, 2.75) is 6.92 Å². The van der Waals surface area contributed by atoms with Crippen LogP contribution in [0.2, 0.25) is 5.02 Å². The van der Waals surface area contributed by atoms with Gasteiger partial charge in [-0.3, -0.25) is 0 Å². The smallest absolute Gasteiger partial charge is 0.141 e. The largest absolute Gasteiger partial charge is 0.368 e. The standard InChI is InChI=1S/C23H21ClN4S/c1-16-3-2-4-19(13-16)27-9-11-28(12-10-27)22-21-20(14-29-23(21)26-15-25-22)17-5-7-18(24)8-6-17/h2-8,13-15H,9-12H2,1H3. The average Bonchev–Trinajstić information content (AvgIpc) is 3.19. The first kappa shape index (κ1) is 18.4. The third-order valence-corrected chi connectivity index (χ3v) is 6.59. The molecule has 0 spiro atoms. The third kappa shape index (κ3) is 3.56. The van der Waals surface area contributed by atoms with Gasteiger partial charge in [-0.2, -0.15) is 0 Å². The monoisotopic (exact) mass is 420 g/mol. The van der Waals surface area contributed by atoms with E-state index in [1.165, 1.54) is 16.8 Å². The Kier molecular flexibility index (Phi) is 4.86. The number of halogens is 1. The molecule has 5 rings (SSSR count). The van der Waals surface area contributed by atoms with Gasteiger partial charge < -0.3 is 9.80 Å². The summed E-state index contributed by atoms with van der Waals surface area (Å²) in [5.41, 5.74) is 4.93. The molecule has 0 amide bonds. The lowest BCUT2D eigenvalue weighted by Gasteiger charge is -2.37. The summed E-state index contributed by atoms with van der Waals surface area (Å²) in [6, 6.07) is 16.7. The number of thiophene rings is 1. The van der Waals surface area contributed by atoms with E-state index < -0.39 is 0 Å². The van der Waals surface area contributed by atoms with Crippen LogP contribution in [0.1, 0.15) is 5.56 Å². The van der Waals surface area contributed by atoms with Crippen molar-refractivity contribution in [2.24, 2.45) is 0 Å². The molecular formula is C23H21ClN4S. The molecule has 1 saturated heterocycles. The van der Waals surface area contributed by atoms with Crippen molar-refractivity contribution >= 4 is 44.7 Å². The van der Waals surface area contributed by atoms with Crippen LogP contribution < -0.4 is 9.80 Å². The van der Waals surface area contributed by atoms with E-state index in [9.17, 15) is 0 Å². The molecule has 29 heavy (non-hydrogen) atoms. The van der Waals surface area contributed by atoms with Crippen molar-refractivity contribution in [3.05, 3.63) is 70.8 Å². The number of nitrogens with zero attached hydrogens (tertiary/aromatic N) is 4. The molecule has 6 heteroatoms. The Bertz CT molecular complexity index is 1150. The predicted octanol–water partition coefficient (Wildman–Crippen LogP) is 5.65. The molecule has 0 saturated carbocycles. The highest BCUT2D eigenvalue weighted by Gasteiger charge is 2.22. The van der Waals surface area contributed by atoms with Gasteiger partial charge in [0.1, 0.15) is 17.0 Å². The van der Waals surface area contributed by atoms with Crippen LogP contribution in [0.15, 0.2) is 60.2 Å². The molecule has 4 nitrogen and oxygen atoms in total. The zero-order valence-electron chi connectivity index (χ0n) is 16.2. The molecule has 0 N–H and O–H groups in total. The fourth-order valence-electron chi connectivity index (χ4n) is 3.94. The van der Waals surface area contributed by atoms with Gasteiger partial charge in [-0.1, -0.05) is 35.9 Å². The summed E-state index contributed by atoms with van der Waals surface area (Å²) in [6.07, 6.45) is 1.69. The van der Waals surface area contributed by atoms with E-state index in [-0.39, 0.29) is 0 Å². The van der Waals surface area contributed by atoms with Crippen LogP contribution >= 0.6 is 22.9 Å². The molecule has 146 valence electrons. The number of anilines is 2. The SMILES string of the molecule is Cc1cccc(N2CCN(c3ncnc4scc(-c5ccc(Cl)cc5)c34)CC2)c1. The van der Waals surface area contributed by atoms with E-state index in [2.05, 4.69) is 63.5 Å². The van der Waals surface area contributed by atoms with Gasteiger partial charge in [0, 0.05) is 47.8 Å². The van der Waals surface area contributed by atoms with Gasteiger partial charge in [-0.05, 0) is 42.3 Å². The lowest BCUT2D eigenvalue weighted by atomic mass is 10.1. The minimum absolute atomic E-state index is 0.747. The topological polar surface area (TPSA) is 32.3 Å². The average molecular weight is 421 g/mol. The Morgan fingerprint density at radius 1 is 0.931 bits per heavy atom. The molecule has 0 bridgehead atoms. The van der Waals surface area contributed by atoms with Crippen LogP contribution in [0, 0.1) is 6.92 Å². The Hall–Kier alpha value is -2.63. The van der Waals surface area contributed by atoms with Gasteiger partial charge >= 0.3 is 0 Å². The molecule has 2 aromatic heterocycles. The highest BCUT2D eigenvalue weighted by atomic mass is 35.5. The fraction of sp³-hybridized carbons (Fsp3) is 0.217. The van der Waals surface area contributed by atoms with Crippen LogP contribution in [0.5, 0.6) is 0 Å². The minimum Gasteiger partial charge on any atom is -0.368 e. The van der Waals surface area contributed by atoms with Crippen LogP contribution in [-0.2, 0) is 0 Å². The number of piperazine rings is 1. The van der Waals surface area contributed by atoms with Crippen molar-refractivity contribution in [2.75, 3.05) is 36.0 Å². The second-order valence-electron chi connectivity index (χ2n) is 7.35. The summed E-state index contributed by atoms with van der Waals surface area (Å²) in [5, 5.41) is 4.07. The number of rotatable bonds is 3. The first-order chi connectivity index (χ1) is 14.2. The number of aryl methyl sites for hydroxylation is 1. The van der Waals surface area contributed by atoms with Gasteiger partial charge in [0.2, 0.25) is 0 Å². The van der Waals surface area contributed by atoms with Gasteiger partial charge in [0.15, 0.2) is 0 Å². The van der Waals surface area contributed by atoms with E-state index in [0.717, 1.165) is 52.8 Å². The zero-order chi connectivity index (χ0) is 19.8. The molecule has 0 aliphatic carbocycles. The Morgan fingerprint density at radius 3 is 2.45 bits per heavy atom. The lowest BCUT2D eigenvalue weighted by Crippen LogP contribution is -2.46. The Morgan fingerprint density at radius 2 is 1.69 bits per heavy atom. The van der Waals surface area contributed by atoms with Gasteiger partial charge in [-0.15, -0.1) is 11.3 Å². The summed E-state index contributed by atoms with van der Waals surface area (Å²) in [6.45, 7) is 5.99. The molecule has 0 atom stereocenters. The van der Waals surface area contributed by atoms with Crippen molar-refractivity contribution in [3.63, 3.8) is 0 Å². The van der Waals surface area contributed by atoms with Gasteiger partial charge in [-0.25, -0.2) is 9.97 Å². The van der Waals surface area contributed by atoms with E-state index in [0.29, 0.717) is 0 Å². The van der Waals surface area contributed by atoms with E-state index in [1.807, 2.05) is 12.1 Å². The Balaban J connectivity index is 1.45. The number of hydrogen-bond donors (Lipinski definition) is 0. The molecule has 0 radical (unpaired) electrons. The predicted molar refractivity (Wildman–Crippen MR) is 123 cm³/mol. The fourth-order valence-corrected chi connectivity index (χ4v) is 4.98. The minimum atomic E-state index is 0.747. The molecule has 1 aliphatic heterocycles. The summed E-state index contributed by atoms with van der Waals surface area (Å²) in [4.78, 5) is 15.1. The molecule has 4 aromatic rings. The molecule has 2 aromatic carbocycles. The van der Waals surface area contributed by atoms with Crippen LogP contribution in [0.4, 0.5) is 11.5 Å². The van der Waals surface area contributed by atoms with Crippen LogP contribution in [0.3, 0.4) is 0 Å². The van der Waals surface area contributed by atoms with Crippen molar-refractivity contribution in [3.8, 4) is 11.1 Å². The summed E-state index contributed by atoms with van der Waals surface area (Å²) >= 11 is 7.75. The number of hydrogen-bond acceptors (Lipinski definition) is 5. The Labute approximate surface area is 179 Å². The zero-order valence-corrected chi connectivity index (χ0v) is 17.7. The van der Waals surface area contributed by atoms with Crippen molar-refractivity contribution < 1.29 is 0 Å². The number of fused-ring (bicyclic) bond motifs is 1. The highest BCUT2D eigenvalue weighted by molar-refractivity contribution is 7.17. The van der Waals surface area contributed by atoms with Crippen molar-refractivity contribution in [1.29, 1.82) is 0 Å². The summed E-state index contributed by atoms with van der Waals surface area (Å²) in [7, 11) is 0. The normalized spacial score (nSPS) is 14.6. The molecule has 1 fully saturated rings. The lowest BCUT2D eigenvalue weighted by molar-refractivity contribution is 0.649. The summed E-state index contributed by atoms with van der Waals surface area (Å²) in [5.74, 6) is 1.03. The first-order valence-electron chi connectivity index (χ1n) is 9.74.